The van der Waals surface area contributed by atoms with Crippen molar-refractivity contribution in [2.24, 2.45) is 0 Å². The molecule has 0 N–H and O–H groups in total. The van der Waals surface area contributed by atoms with Gasteiger partial charge in [-0.1, -0.05) is 41.9 Å². The molecule has 0 bridgehead atoms. The van der Waals surface area contributed by atoms with Gasteiger partial charge in [0.05, 0.1) is 5.52 Å². The first-order chi connectivity index (χ1) is 10.1. The van der Waals surface area contributed by atoms with Crippen molar-refractivity contribution in [3.05, 3.63) is 70.4 Å². The zero-order valence-electron chi connectivity index (χ0n) is 12.1. The Morgan fingerprint density at radius 1 is 1.14 bits per heavy atom. The first-order valence-electron chi connectivity index (χ1n) is 6.90. The minimum absolute atomic E-state index is 0.0976. The molecular formula is C18H16ClNO. The zero-order valence-corrected chi connectivity index (χ0v) is 12.8. The molecule has 1 heterocycles. The number of para-hydroxylation sites is 1. The normalized spacial score (nSPS) is 11.0. The molecule has 0 spiro atoms. The summed E-state index contributed by atoms with van der Waals surface area (Å²) in [6, 6.07) is 13.9. The average Bonchev–Trinajstić information content (AvgIpc) is 2.82. The maximum Gasteiger partial charge on any atom is 0.161 e. The molecule has 21 heavy (non-hydrogen) atoms. The summed E-state index contributed by atoms with van der Waals surface area (Å²) in [5.74, 6) is 0.0976. The summed E-state index contributed by atoms with van der Waals surface area (Å²) in [5, 5.41) is 1.76. The van der Waals surface area contributed by atoms with E-state index in [0.29, 0.717) is 0 Å². The van der Waals surface area contributed by atoms with Crippen molar-refractivity contribution in [1.82, 2.24) is 4.57 Å². The van der Waals surface area contributed by atoms with Gasteiger partial charge in [0.2, 0.25) is 0 Å². The largest absolute Gasteiger partial charge is 0.342 e. The van der Waals surface area contributed by atoms with Gasteiger partial charge in [-0.2, -0.15) is 0 Å². The maximum absolute atomic E-state index is 11.9. The third-order valence-corrected chi connectivity index (χ3v) is 4.00. The van der Waals surface area contributed by atoms with Crippen molar-refractivity contribution in [2.75, 3.05) is 0 Å². The zero-order chi connectivity index (χ0) is 15.0. The Morgan fingerprint density at radius 2 is 1.86 bits per heavy atom. The minimum Gasteiger partial charge on any atom is -0.342 e. The van der Waals surface area contributed by atoms with Gasteiger partial charge in [0.25, 0.3) is 0 Å². The molecule has 0 aliphatic carbocycles. The SMILES string of the molecule is CC(=O)c1cn(Cc2ccc(Cl)cc2)c2c(C)cccc12. The highest BCUT2D eigenvalue weighted by Gasteiger charge is 2.13. The lowest BCUT2D eigenvalue weighted by Gasteiger charge is -2.07. The van der Waals surface area contributed by atoms with Gasteiger partial charge in [-0.25, -0.2) is 0 Å². The Morgan fingerprint density at radius 3 is 2.52 bits per heavy atom. The molecule has 0 unspecified atom stereocenters. The van der Waals surface area contributed by atoms with Crippen molar-refractivity contribution in [3.63, 3.8) is 0 Å². The van der Waals surface area contributed by atoms with Gasteiger partial charge < -0.3 is 4.57 Å². The molecule has 0 aliphatic rings. The first kappa shape index (κ1) is 13.9. The second kappa shape index (κ2) is 5.38. The predicted octanol–water partition coefficient (Wildman–Crippen LogP) is 4.85. The first-order valence-corrected chi connectivity index (χ1v) is 7.28. The van der Waals surface area contributed by atoms with E-state index in [1.165, 1.54) is 5.56 Å². The van der Waals surface area contributed by atoms with E-state index in [2.05, 4.69) is 17.6 Å². The molecule has 0 radical (unpaired) electrons. The van der Waals surface area contributed by atoms with Crippen LogP contribution in [0.5, 0.6) is 0 Å². The van der Waals surface area contributed by atoms with Crippen LogP contribution in [0, 0.1) is 6.92 Å². The van der Waals surface area contributed by atoms with Crippen LogP contribution in [0.1, 0.15) is 28.4 Å². The summed E-state index contributed by atoms with van der Waals surface area (Å²) >= 11 is 5.93. The van der Waals surface area contributed by atoms with Crippen LogP contribution in [0.4, 0.5) is 0 Å². The Hall–Kier alpha value is -2.06. The Labute approximate surface area is 129 Å². The number of hydrogen-bond acceptors (Lipinski definition) is 1. The monoisotopic (exact) mass is 297 g/mol. The number of hydrogen-bond donors (Lipinski definition) is 0. The molecule has 0 saturated carbocycles. The molecule has 0 fully saturated rings. The fraction of sp³-hybridized carbons (Fsp3) is 0.167. The molecule has 2 nitrogen and oxygen atoms in total. The molecule has 3 aromatic rings. The molecule has 3 heteroatoms. The molecule has 0 atom stereocenters. The van der Waals surface area contributed by atoms with Crippen molar-refractivity contribution in [3.8, 4) is 0 Å². The fourth-order valence-electron chi connectivity index (χ4n) is 2.74. The number of ketones is 1. The number of aromatic nitrogens is 1. The summed E-state index contributed by atoms with van der Waals surface area (Å²) in [5.41, 5.74) is 4.24. The second-order valence-electron chi connectivity index (χ2n) is 5.32. The van der Waals surface area contributed by atoms with Crippen LogP contribution in [-0.2, 0) is 6.54 Å². The van der Waals surface area contributed by atoms with E-state index >= 15 is 0 Å². The molecule has 0 amide bonds. The molecule has 1 aromatic heterocycles. The number of carbonyl (C=O) groups excluding carboxylic acids is 1. The molecule has 3 rings (SSSR count). The fourth-order valence-corrected chi connectivity index (χ4v) is 2.87. The van der Waals surface area contributed by atoms with Crippen molar-refractivity contribution >= 4 is 28.3 Å². The summed E-state index contributed by atoms with van der Waals surface area (Å²) in [6.07, 6.45) is 1.95. The average molecular weight is 298 g/mol. The number of Topliss-reactive ketones (excluding diaryl/α,β-unsaturated/α-hetero) is 1. The lowest BCUT2D eigenvalue weighted by atomic mass is 10.1. The molecular weight excluding hydrogens is 282 g/mol. The van der Waals surface area contributed by atoms with Crippen LogP contribution in [0.15, 0.2) is 48.7 Å². The second-order valence-corrected chi connectivity index (χ2v) is 5.76. The van der Waals surface area contributed by atoms with E-state index in [9.17, 15) is 4.79 Å². The quantitative estimate of drug-likeness (QED) is 0.633. The molecule has 0 aliphatic heterocycles. The van der Waals surface area contributed by atoms with Crippen LogP contribution >= 0.6 is 11.6 Å². The van der Waals surface area contributed by atoms with E-state index in [1.54, 1.807) is 6.92 Å². The van der Waals surface area contributed by atoms with Gasteiger partial charge in [0, 0.05) is 28.7 Å². The lowest BCUT2D eigenvalue weighted by molar-refractivity contribution is 0.101. The van der Waals surface area contributed by atoms with Crippen LogP contribution in [-0.4, -0.2) is 10.4 Å². The molecule has 2 aromatic carbocycles. The number of aryl methyl sites for hydroxylation is 1. The number of carbonyl (C=O) groups is 1. The number of benzene rings is 2. The van der Waals surface area contributed by atoms with Crippen LogP contribution in [0.3, 0.4) is 0 Å². The molecule has 106 valence electrons. The van der Waals surface area contributed by atoms with Gasteiger partial charge in [0.1, 0.15) is 0 Å². The van der Waals surface area contributed by atoms with Crippen molar-refractivity contribution < 1.29 is 4.79 Å². The number of fused-ring (bicyclic) bond motifs is 1. The molecule has 0 saturated heterocycles. The third kappa shape index (κ3) is 2.59. The van der Waals surface area contributed by atoms with E-state index in [-0.39, 0.29) is 5.78 Å². The lowest BCUT2D eigenvalue weighted by Crippen LogP contribution is -1.99. The maximum atomic E-state index is 11.9. The predicted molar refractivity (Wildman–Crippen MR) is 87.2 cm³/mol. The van der Waals surface area contributed by atoms with E-state index < -0.39 is 0 Å². The summed E-state index contributed by atoms with van der Waals surface area (Å²) in [6.45, 7) is 4.42. The number of rotatable bonds is 3. The van der Waals surface area contributed by atoms with Crippen LogP contribution in [0.2, 0.25) is 5.02 Å². The smallest absolute Gasteiger partial charge is 0.161 e. The summed E-state index contributed by atoms with van der Waals surface area (Å²) in [4.78, 5) is 11.9. The van der Waals surface area contributed by atoms with Gasteiger partial charge >= 0.3 is 0 Å². The van der Waals surface area contributed by atoms with Gasteiger partial charge in [-0.15, -0.1) is 0 Å². The highest BCUT2D eigenvalue weighted by Crippen LogP contribution is 2.26. The van der Waals surface area contributed by atoms with Crippen molar-refractivity contribution in [2.45, 2.75) is 20.4 Å². The van der Waals surface area contributed by atoms with Gasteiger partial charge in [-0.05, 0) is 37.1 Å². The highest BCUT2D eigenvalue weighted by molar-refractivity contribution is 6.30. The Kier molecular flexibility index (Phi) is 3.56. The topological polar surface area (TPSA) is 22.0 Å². The Bertz CT molecular complexity index is 815. The van der Waals surface area contributed by atoms with E-state index in [0.717, 1.165) is 33.6 Å². The van der Waals surface area contributed by atoms with Gasteiger partial charge in [0.15, 0.2) is 5.78 Å². The van der Waals surface area contributed by atoms with E-state index in [1.807, 2.05) is 42.6 Å². The van der Waals surface area contributed by atoms with Crippen molar-refractivity contribution in [1.29, 1.82) is 0 Å². The number of halogens is 1. The van der Waals surface area contributed by atoms with Crippen LogP contribution in [0.25, 0.3) is 10.9 Å². The summed E-state index contributed by atoms with van der Waals surface area (Å²) < 4.78 is 2.14. The van der Waals surface area contributed by atoms with Crippen LogP contribution < -0.4 is 0 Å². The highest BCUT2D eigenvalue weighted by atomic mass is 35.5. The third-order valence-electron chi connectivity index (χ3n) is 3.75. The number of nitrogens with zero attached hydrogens (tertiary/aromatic N) is 1. The summed E-state index contributed by atoms with van der Waals surface area (Å²) in [7, 11) is 0. The standard InChI is InChI=1S/C18H16ClNO/c1-12-4-3-5-16-17(13(2)21)11-20(18(12)16)10-14-6-8-15(19)9-7-14/h3-9,11H,10H2,1-2H3. The van der Waals surface area contributed by atoms with E-state index in [4.69, 9.17) is 11.6 Å². The Balaban J connectivity index is 2.13. The minimum atomic E-state index is 0.0976. The van der Waals surface area contributed by atoms with Gasteiger partial charge in [-0.3, -0.25) is 4.79 Å².